The zero-order valence-corrected chi connectivity index (χ0v) is 16.7. The molecule has 1 aromatic carbocycles. The van der Waals surface area contributed by atoms with E-state index >= 15 is 0 Å². The Morgan fingerprint density at radius 3 is 2.61 bits per heavy atom. The summed E-state index contributed by atoms with van der Waals surface area (Å²) in [4.78, 5) is 4.74. The van der Waals surface area contributed by atoms with Crippen molar-refractivity contribution in [2.75, 3.05) is 18.8 Å². The van der Waals surface area contributed by atoms with Crippen LogP contribution in [0.15, 0.2) is 35.2 Å². The minimum absolute atomic E-state index is 0.227. The lowest BCUT2D eigenvalue weighted by Gasteiger charge is -2.18. The van der Waals surface area contributed by atoms with Crippen LogP contribution in [0.1, 0.15) is 19.3 Å². The predicted molar refractivity (Wildman–Crippen MR) is 108 cm³/mol. The second kappa shape index (κ2) is 6.43. The molecule has 7 nitrogen and oxygen atoms in total. The van der Waals surface area contributed by atoms with Crippen molar-refractivity contribution < 1.29 is 8.42 Å². The number of nitrogens with one attached hydrogen (secondary N) is 1. The topological polar surface area (TPSA) is 105 Å². The van der Waals surface area contributed by atoms with Gasteiger partial charge in [-0.2, -0.15) is 9.40 Å². The van der Waals surface area contributed by atoms with Gasteiger partial charge in [0.15, 0.2) is 5.82 Å². The van der Waals surface area contributed by atoms with Crippen molar-refractivity contribution >= 4 is 38.5 Å². The highest BCUT2D eigenvalue weighted by Crippen LogP contribution is 2.40. The highest BCUT2D eigenvalue weighted by atomic mass is 35.5. The third kappa shape index (κ3) is 2.78. The molecular weight excluding hydrogens is 398 g/mol. The van der Waals surface area contributed by atoms with Crippen molar-refractivity contribution in [1.29, 1.82) is 0 Å². The third-order valence-electron chi connectivity index (χ3n) is 5.98. The fourth-order valence-electron chi connectivity index (χ4n) is 4.47. The minimum atomic E-state index is -3.54. The van der Waals surface area contributed by atoms with Crippen molar-refractivity contribution in [3.05, 3.63) is 35.4 Å². The van der Waals surface area contributed by atoms with Crippen LogP contribution in [-0.2, 0) is 10.0 Å². The molecule has 2 atom stereocenters. The summed E-state index contributed by atoms with van der Waals surface area (Å²) in [5.41, 5.74) is 8.39. The second-order valence-electron chi connectivity index (χ2n) is 7.62. The van der Waals surface area contributed by atoms with Crippen molar-refractivity contribution in [3.63, 3.8) is 0 Å². The van der Waals surface area contributed by atoms with Gasteiger partial charge in [-0.25, -0.2) is 13.4 Å². The molecule has 3 heterocycles. The van der Waals surface area contributed by atoms with Gasteiger partial charge in [-0.3, -0.25) is 5.10 Å². The fraction of sp³-hybridized carbons (Fsp3) is 0.368. The maximum atomic E-state index is 13.1. The Bertz CT molecular complexity index is 1160. The number of aromatic amines is 1. The van der Waals surface area contributed by atoms with Gasteiger partial charge in [-0.05, 0) is 55.0 Å². The number of nitrogens with zero attached hydrogens (tertiary/aromatic N) is 3. The molecule has 0 bridgehead atoms. The van der Waals surface area contributed by atoms with Crippen molar-refractivity contribution in [2.45, 2.75) is 24.2 Å². The van der Waals surface area contributed by atoms with Crippen molar-refractivity contribution in [2.24, 2.45) is 11.8 Å². The second-order valence-corrected chi connectivity index (χ2v) is 9.96. The first-order chi connectivity index (χ1) is 13.4. The smallest absolute Gasteiger partial charge is 0.243 e. The van der Waals surface area contributed by atoms with Gasteiger partial charge < -0.3 is 5.73 Å². The maximum absolute atomic E-state index is 13.1. The number of halogens is 1. The number of fused-ring (bicyclic) bond motifs is 2. The van der Waals surface area contributed by atoms with Crippen LogP contribution in [0.2, 0.25) is 5.02 Å². The maximum Gasteiger partial charge on any atom is 0.243 e. The van der Waals surface area contributed by atoms with Crippen LogP contribution < -0.4 is 5.73 Å². The molecule has 2 aromatic heterocycles. The largest absolute Gasteiger partial charge is 0.380 e. The van der Waals surface area contributed by atoms with E-state index in [0.29, 0.717) is 52.5 Å². The molecule has 0 amide bonds. The highest BCUT2D eigenvalue weighted by molar-refractivity contribution is 7.89. The standard InChI is InChI=1S/C19H20ClN5O2S/c20-15-8-13(28(26,27)25-9-11-2-1-3-12(11)10-25)4-5-14(15)16-6-7-17-18(22-16)19(21)24-23-17/h4-8,11-12H,1-3,9-10H2,(H3,21,23,24). The predicted octanol–water partition coefficient (Wildman–Crippen LogP) is 3.28. The van der Waals surface area contributed by atoms with Crippen LogP contribution in [0.5, 0.6) is 0 Å². The number of hydrogen-bond acceptors (Lipinski definition) is 5. The van der Waals surface area contributed by atoms with Crippen LogP contribution >= 0.6 is 11.6 Å². The lowest BCUT2D eigenvalue weighted by molar-refractivity contribution is 0.445. The first-order valence-electron chi connectivity index (χ1n) is 9.34. The molecule has 9 heteroatoms. The zero-order valence-electron chi connectivity index (χ0n) is 15.1. The van der Waals surface area contributed by atoms with Gasteiger partial charge in [-0.1, -0.05) is 18.0 Å². The average molecular weight is 418 g/mol. The van der Waals surface area contributed by atoms with Crippen LogP contribution in [0.3, 0.4) is 0 Å². The summed E-state index contributed by atoms with van der Waals surface area (Å²) in [5, 5.41) is 7.08. The Morgan fingerprint density at radius 1 is 1.14 bits per heavy atom. The van der Waals surface area contributed by atoms with E-state index < -0.39 is 10.0 Å². The molecule has 3 N–H and O–H groups in total. The van der Waals surface area contributed by atoms with Crippen molar-refractivity contribution in [3.8, 4) is 11.3 Å². The van der Waals surface area contributed by atoms with Gasteiger partial charge in [0.2, 0.25) is 10.0 Å². The summed E-state index contributed by atoms with van der Waals surface area (Å²) in [6.07, 6.45) is 3.46. The van der Waals surface area contributed by atoms with Gasteiger partial charge >= 0.3 is 0 Å². The summed E-state index contributed by atoms with van der Waals surface area (Å²) in [6.45, 7) is 1.23. The molecule has 2 aliphatic rings. The summed E-state index contributed by atoms with van der Waals surface area (Å²) in [5.74, 6) is 1.31. The number of nitrogen functional groups attached to an aromatic ring is 1. The van der Waals surface area contributed by atoms with E-state index in [-0.39, 0.29) is 4.90 Å². The Morgan fingerprint density at radius 2 is 1.89 bits per heavy atom. The Hall–Kier alpha value is -2.16. The molecule has 1 aliphatic carbocycles. The van der Waals surface area contributed by atoms with E-state index in [4.69, 9.17) is 17.3 Å². The number of anilines is 1. The molecular formula is C19H20ClN5O2S. The number of aromatic nitrogens is 3. The molecule has 1 saturated carbocycles. The minimum Gasteiger partial charge on any atom is -0.380 e. The van der Waals surface area contributed by atoms with Gasteiger partial charge in [0.25, 0.3) is 0 Å². The normalized spacial score (nSPS) is 22.8. The number of rotatable bonds is 3. The quantitative estimate of drug-likeness (QED) is 0.680. The lowest BCUT2D eigenvalue weighted by atomic mass is 10.0. The Labute approximate surface area is 167 Å². The number of pyridine rings is 1. The lowest BCUT2D eigenvalue weighted by Crippen LogP contribution is -2.29. The molecule has 1 saturated heterocycles. The Balaban J connectivity index is 1.48. The zero-order chi connectivity index (χ0) is 19.5. The summed E-state index contributed by atoms with van der Waals surface area (Å²) in [7, 11) is -3.54. The number of sulfonamides is 1. The van der Waals surface area contributed by atoms with E-state index in [0.717, 1.165) is 18.4 Å². The molecule has 0 spiro atoms. The summed E-state index contributed by atoms with van der Waals surface area (Å²) < 4.78 is 27.8. The molecule has 2 unspecified atom stereocenters. The summed E-state index contributed by atoms with van der Waals surface area (Å²) in [6, 6.07) is 8.46. The van der Waals surface area contributed by atoms with Crippen LogP contribution in [-0.4, -0.2) is 41.0 Å². The van der Waals surface area contributed by atoms with E-state index in [1.165, 1.54) is 12.5 Å². The Kier molecular flexibility index (Phi) is 4.12. The van der Waals surface area contributed by atoms with E-state index in [9.17, 15) is 8.42 Å². The molecule has 5 rings (SSSR count). The van der Waals surface area contributed by atoms with Crippen molar-refractivity contribution in [1.82, 2.24) is 19.5 Å². The van der Waals surface area contributed by atoms with E-state index in [1.807, 2.05) is 6.07 Å². The van der Waals surface area contributed by atoms with Gasteiger partial charge in [0.1, 0.15) is 5.52 Å². The van der Waals surface area contributed by atoms with E-state index in [2.05, 4.69) is 15.2 Å². The number of benzene rings is 1. The van der Waals surface area contributed by atoms with Gasteiger partial charge in [0, 0.05) is 18.7 Å². The molecule has 1 aliphatic heterocycles. The first kappa shape index (κ1) is 17.9. The molecule has 3 aromatic rings. The van der Waals surface area contributed by atoms with Crippen LogP contribution in [0, 0.1) is 11.8 Å². The van der Waals surface area contributed by atoms with Crippen LogP contribution in [0.25, 0.3) is 22.3 Å². The average Bonchev–Trinajstić information content (AvgIpc) is 3.37. The number of hydrogen-bond donors (Lipinski definition) is 2. The molecule has 146 valence electrons. The molecule has 28 heavy (non-hydrogen) atoms. The molecule has 0 radical (unpaired) electrons. The monoisotopic (exact) mass is 417 g/mol. The SMILES string of the molecule is Nc1n[nH]c2ccc(-c3ccc(S(=O)(=O)N4CC5CCCC5C4)cc3Cl)nc12. The first-order valence-corrected chi connectivity index (χ1v) is 11.2. The third-order valence-corrected chi connectivity index (χ3v) is 8.12. The van der Waals surface area contributed by atoms with Crippen LogP contribution in [0.4, 0.5) is 5.82 Å². The molecule has 2 fully saturated rings. The summed E-state index contributed by atoms with van der Waals surface area (Å²) >= 11 is 6.46. The van der Waals surface area contributed by atoms with E-state index in [1.54, 1.807) is 22.5 Å². The van der Waals surface area contributed by atoms with Gasteiger partial charge in [0.05, 0.1) is 21.1 Å². The van der Waals surface area contributed by atoms with Gasteiger partial charge in [-0.15, -0.1) is 0 Å². The number of H-pyrrole nitrogens is 1. The number of nitrogens with two attached hydrogens (primary N) is 1. The fourth-order valence-corrected chi connectivity index (χ4v) is 6.39. The highest BCUT2D eigenvalue weighted by Gasteiger charge is 2.41.